The summed E-state index contributed by atoms with van der Waals surface area (Å²) in [6.45, 7) is 6.13. The zero-order chi connectivity index (χ0) is 13.7. The van der Waals surface area contributed by atoms with Gasteiger partial charge in [-0.15, -0.1) is 0 Å². The van der Waals surface area contributed by atoms with Crippen LogP contribution in [0.1, 0.15) is 21.3 Å². The summed E-state index contributed by atoms with van der Waals surface area (Å²) in [5, 5.41) is 0. The van der Waals surface area contributed by atoms with Gasteiger partial charge in [0.1, 0.15) is 0 Å². The highest BCUT2D eigenvalue weighted by atomic mass is 31.2. The van der Waals surface area contributed by atoms with Crippen LogP contribution in [0.25, 0.3) is 0 Å². The van der Waals surface area contributed by atoms with Crippen LogP contribution in [-0.2, 0) is 0 Å². The van der Waals surface area contributed by atoms with E-state index in [0.717, 1.165) is 16.5 Å². The van der Waals surface area contributed by atoms with Crippen LogP contribution in [0.15, 0.2) is 68.4 Å². The maximum atomic E-state index is 5.58. The summed E-state index contributed by atoms with van der Waals surface area (Å²) in [6.07, 6.45) is 5.04. The molecule has 0 radical (unpaired) electrons. The quantitative estimate of drug-likeness (QED) is 0.684. The Morgan fingerprint density at radius 2 is 1.00 bits per heavy atom. The van der Waals surface area contributed by atoms with E-state index in [4.69, 9.17) is 13.3 Å². The standard InChI is InChI=1S/C13H12O3P.C2H6.CH4/c1-17(11-5-2-8-14-11,12-6-3-9-15-12)13-7-4-10-16-13;1-2;/h2-10H,1H3;1-2H3;1H4/q+1;;. The van der Waals surface area contributed by atoms with E-state index in [1.165, 1.54) is 0 Å². The van der Waals surface area contributed by atoms with E-state index in [0.29, 0.717) is 0 Å². The van der Waals surface area contributed by atoms with Crippen molar-refractivity contribution < 1.29 is 13.3 Å². The topological polar surface area (TPSA) is 39.4 Å². The van der Waals surface area contributed by atoms with Gasteiger partial charge in [0.05, 0.1) is 25.5 Å². The van der Waals surface area contributed by atoms with Crippen LogP contribution in [0.5, 0.6) is 0 Å². The highest BCUT2D eigenvalue weighted by molar-refractivity contribution is 7.94. The second kappa shape index (κ2) is 7.16. The molecule has 3 aromatic rings. The Bertz CT molecular complexity index is 481. The van der Waals surface area contributed by atoms with Gasteiger partial charge >= 0.3 is 0 Å². The second-order valence-electron chi connectivity index (χ2n) is 3.86. The third kappa shape index (κ3) is 2.73. The van der Waals surface area contributed by atoms with E-state index >= 15 is 0 Å². The molecule has 0 spiro atoms. The third-order valence-electron chi connectivity index (χ3n) is 2.84. The van der Waals surface area contributed by atoms with Crippen LogP contribution in [-0.4, -0.2) is 6.66 Å². The van der Waals surface area contributed by atoms with Crippen LogP contribution in [0.2, 0.25) is 0 Å². The molecule has 0 aliphatic heterocycles. The van der Waals surface area contributed by atoms with Gasteiger partial charge in [0.25, 0.3) is 16.5 Å². The van der Waals surface area contributed by atoms with E-state index in [1.54, 1.807) is 18.8 Å². The second-order valence-corrected chi connectivity index (χ2v) is 7.19. The molecule has 0 atom stereocenters. The molecule has 3 nitrogen and oxygen atoms in total. The van der Waals surface area contributed by atoms with Crippen molar-refractivity contribution in [3.8, 4) is 0 Å². The molecule has 0 N–H and O–H groups in total. The third-order valence-corrected chi connectivity index (χ3v) is 6.25. The predicted molar refractivity (Wildman–Crippen MR) is 85.9 cm³/mol. The molecule has 0 aliphatic carbocycles. The minimum absolute atomic E-state index is 0. The number of rotatable bonds is 3. The molecule has 0 amide bonds. The fourth-order valence-electron chi connectivity index (χ4n) is 1.90. The summed E-state index contributed by atoms with van der Waals surface area (Å²) in [4.78, 5) is 0. The number of hydrogen-bond acceptors (Lipinski definition) is 3. The van der Waals surface area contributed by atoms with Crippen LogP contribution < -0.4 is 16.5 Å². The summed E-state index contributed by atoms with van der Waals surface area (Å²) in [7, 11) is -1.88. The van der Waals surface area contributed by atoms with Gasteiger partial charge in [-0.2, -0.15) is 0 Å². The van der Waals surface area contributed by atoms with Crippen molar-refractivity contribution in [2.45, 2.75) is 21.3 Å². The first-order chi connectivity index (χ1) is 9.32. The molecular formula is C16H22O3P+. The van der Waals surface area contributed by atoms with Crippen molar-refractivity contribution in [2.75, 3.05) is 6.66 Å². The predicted octanol–water partition coefficient (Wildman–Crippen LogP) is 4.05. The van der Waals surface area contributed by atoms with Crippen molar-refractivity contribution in [2.24, 2.45) is 0 Å². The van der Waals surface area contributed by atoms with Gasteiger partial charge in [0.2, 0.25) is 7.26 Å². The first-order valence-corrected chi connectivity index (χ1v) is 8.54. The van der Waals surface area contributed by atoms with Gasteiger partial charge in [-0.25, -0.2) is 0 Å². The normalized spacial score (nSPS) is 10.3. The van der Waals surface area contributed by atoms with Gasteiger partial charge in [-0.1, -0.05) is 21.3 Å². The van der Waals surface area contributed by atoms with E-state index in [-0.39, 0.29) is 7.43 Å². The molecule has 20 heavy (non-hydrogen) atoms. The Labute approximate surface area is 120 Å². The molecule has 4 heteroatoms. The first-order valence-electron chi connectivity index (χ1n) is 6.30. The fraction of sp³-hybridized carbons (Fsp3) is 0.250. The van der Waals surface area contributed by atoms with Gasteiger partial charge in [0.15, 0.2) is 0 Å². The van der Waals surface area contributed by atoms with Crippen molar-refractivity contribution in [3.63, 3.8) is 0 Å². The van der Waals surface area contributed by atoms with E-state index in [2.05, 4.69) is 6.66 Å². The first kappa shape index (κ1) is 16.3. The molecule has 0 bridgehead atoms. The minimum atomic E-state index is -1.88. The van der Waals surface area contributed by atoms with Gasteiger partial charge in [0, 0.05) is 18.2 Å². The molecule has 108 valence electrons. The van der Waals surface area contributed by atoms with Gasteiger partial charge in [-0.05, 0) is 18.2 Å². The summed E-state index contributed by atoms with van der Waals surface area (Å²) in [5.41, 5.74) is 2.72. The van der Waals surface area contributed by atoms with Crippen molar-refractivity contribution in [3.05, 3.63) is 55.2 Å². The largest absolute Gasteiger partial charge is 0.434 e. The zero-order valence-electron chi connectivity index (χ0n) is 11.4. The maximum Gasteiger partial charge on any atom is 0.262 e. The summed E-state index contributed by atoms with van der Waals surface area (Å²) in [5.74, 6) is 0. The highest BCUT2D eigenvalue weighted by Gasteiger charge is 2.49. The Balaban J connectivity index is 0.000000639. The Hall–Kier alpha value is -1.73. The van der Waals surface area contributed by atoms with E-state index in [9.17, 15) is 0 Å². The summed E-state index contributed by atoms with van der Waals surface area (Å²) >= 11 is 0. The van der Waals surface area contributed by atoms with Crippen molar-refractivity contribution >= 4 is 23.8 Å². The molecule has 0 aliphatic rings. The monoisotopic (exact) mass is 293 g/mol. The molecule has 3 aromatic heterocycles. The zero-order valence-corrected chi connectivity index (χ0v) is 12.3. The molecule has 0 saturated heterocycles. The summed E-state index contributed by atoms with van der Waals surface area (Å²) < 4.78 is 16.7. The molecular weight excluding hydrogens is 271 g/mol. The number of hydrogen-bond donors (Lipinski definition) is 0. The van der Waals surface area contributed by atoms with Crippen molar-refractivity contribution in [1.29, 1.82) is 0 Å². The lowest BCUT2D eigenvalue weighted by atomic mass is 10.7. The molecule has 3 heterocycles. The Morgan fingerprint density at radius 1 is 0.700 bits per heavy atom. The minimum Gasteiger partial charge on any atom is -0.434 e. The highest BCUT2D eigenvalue weighted by Crippen LogP contribution is 2.51. The Morgan fingerprint density at radius 3 is 1.20 bits per heavy atom. The average Bonchev–Trinajstić information content (AvgIpc) is 3.22. The lowest BCUT2D eigenvalue weighted by Gasteiger charge is -2.12. The molecule has 0 fully saturated rings. The lowest BCUT2D eigenvalue weighted by Crippen LogP contribution is -2.27. The Kier molecular flexibility index (Phi) is 5.84. The van der Waals surface area contributed by atoms with Crippen molar-refractivity contribution in [1.82, 2.24) is 0 Å². The van der Waals surface area contributed by atoms with Gasteiger partial charge in [-0.3, -0.25) is 0 Å². The van der Waals surface area contributed by atoms with Crippen LogP contribution in [0.3, 0.4) is 0 Å². The van der Waals surface area contributed by atoms with Crippen LogP contribution in [0.4, 0.5) is 0 Å². The molecule has 0 aromatic carbocycles. The number of furan rings is 3. The molecule has 3 rings (SSSR count). The van der Waals surface area contributed by atoms with E-state index < -0.39 is 7.26 Å². The fourth-order valence-corrected chi connectivity index (χ4v) is 4.52. The van der Waals surface area contributed by atoms with Gasteiger partial charge < -0.3 is 13.3 Å². The average molecular weight is 293 g/mol. The van der Waals surface area contributed by atoms with Crippen LogP contribution in [0, 0.1) is 0 Å². The SMILES string of the molecule is C.CC.C[P+](c1ccco1)(c1ccco1)c1ccco1. The lowest BCUT2D eigenvalue weighted by molar-refractivity contribution is 0.582. The summed E-state index contributed by atoms with van der Waals surface area (Å²) in [6, 6.07) is 11.6. The van der Waals surface area contributed by atoms with Crippen LogP contribution >= 0.6 is 7.26 Å². The molecule has 0 saturated carbocycles. The molecule has 0 unspecified atom stereocenters. The maximum absolute atomic E-state index is 5.58. The van der Waals surface area contributed by atoms with E-state index in [1.807, 2.05) is 50.2 Å². The smallest absolute Gasteiger partial charge is 0.262 e.